The Morgan fingerprint density at radius 1 is 1.12 bits per heavy atom. The van der Waals surface area contributed by atoms with Crippen molar-refractivity contribution in [3.8, 4) is 0 Å². The van der Waals surface area contributed by atoms with Crippen LogP contribution in [0.2, 0.25) is 0 Å². The van der Waals surface area contributed by atoms with Crippen molar-refractivity contribution in [2.75, 3.05) is 13.2 Å². The molecule has 17 heavy (non-hydrogen) atoms. The molecule has 2 heteroatoms. The smallest absolute Gasteiger partial charge is 0.0731 e. The van der Waals surface area contributed by atoms with Gasteiger partial charge in [0.1, 0.15) is 0 Å². The summed E-state index contributed by atoms with van der Waals surface area (Å²) in [7, 11) is 0. The predicted octanol–water partition coefficient (Wildman–Crippen LogP) is 2.83. The van der Waals surface area contributed by atoms with E-state index in [4.69, 9.17) is 4.74 Å². The Hall–Kier alpha value is -0.0800. The third-order valence-electron chi connectivity index (χ3n) is 5.43. The first-order chi connectivity index (χ1) is 8.05. The molecule has 3 aliphatic rings. The highest BCUT2D eigenvalue weighted by atomic mass is 16.5. The minimum atomic E-state index is 0.481. The van der Waals surface area contributed by atoms with Crippen LogP contribution in [0.1, 0.15) is 46.5 Å². The lowest BCUT2D eigenvalue weighted by Crippen LogP contribution is -2.53. The van der Waals surface area contributed by atoms with E-state index >= 15 is 0 Å². The SMILES string of the molecule is CC(C)(C)C1CCC2CC3NCCOC3CC21. The van der Waals surface area contributed by atoms with Gasteiger partial charge in [-0.3, -0.25) is 0 Å². The lowest BCUT2D eigenvalue weighted by molar-refractivity contribution is -0.0592. The van der Waals surface area contributed by atoms with Crippen LogP contribution in [-0.2, 0) is 4.74 Å². The Balaban J connectivity index is 1.73. The van der Waals surface area contributed by atoms with E-state index < -0.39 is 0 Å². The molecule has 0 aromatic carbocycles. The van der Waals surface area contributed by atoms with E-state index in [9.17, 15) is 0 Å². The Bertz CT molecular complexity index is 283. The Kier molecular flexibility index (Phi) is 2.99. The number of ether oxygens (including phenoxy) is 1. The average Bonchev–Trinajstić information content (AvgIpc) is 2.68. The number of fused-ring (bicyclic) bond motifs is 2. The highest BCUT2D eigenvalue weighted by Crippen LogP contribution is 2.52. The van der Waals surface area contributed by atoms with Gasteiger partial charge >= 0.3 is 0 Å². The first-order valence-electron chi connectivity index (χ1n) is 7.40. The fourth-order valence-corrected chi connectivity index (χ4v) is 4.64. The molecule has 3 fully saturated rings. The molecule has 1 saturated heterocycles. The molecule has 2 nitrogen and oxygen atoms in total. The van der Waals surface area contributed by atoms with Crippen molar-refractivity contribution >= 4 is 0 Å². The minimum Gasteiger partial charge on any atom is -0.375 e. The molecule has 98 valence electrons. The first-order valence-corrected chi connectivity index (χ1v) is 7.40. The summed E-state index contributed by atoms with van der Waals surface area (Å²) >= 11 is 0. The highest BCUT2D eigenvalue weighted by molar-refractivity contribution is 5.00. The topological polar surface area (TPSA) is 21.3 Å². The molecule has 0 bridgehead atoms. The molecule has 1 aliphatic heterocycles. The molecule has 5 unspecified atom stereocenters. The minimum absolute atomic E-state index is 0.481. The molecule has 0 radical (unpaired) electrons. The van der Waals surface area contributed by atoms with Crippen molar-refractivity contribution < 1.29 is 4.74 Å². The number of hydrogen-bond acceptors (Lipinski definition) is 2. The fraction of sp³-hybridized carbons (Fsp3) is 1.00. The fourth-order valence-electron chi connectivity index (χ4n) is 4.64. The van der Waals surface area contributed by atoms with Gasteiger partial charge in [0.2, 0.25) is 0 Å². The van der Waals surface area contributed by atoms with E-state index in [0.717, 1.165) is 30.9 Å². The lowest BCUT2D eigenvalue weighted by Gasteiger charge is -2.45. The van der Waals surface area contributed by atoms with Crippen molar-refractivity contribution in [3.63, 3.8) is 0 Å². The van der Waals surface area contributed by atoms with Crippen molar-refractivity contribution in [1.82, 2.24) is 5.32 Å². The maximum Gasteiger partial charge on any atom is 0.0731 e. The van der Waals surface area contributed by atoms with Gasteiger partial charge in [0.05, 0.1) is 12.7 Å². The molecule has 2 saturated carbocycles. The van der Waals surface area contributed by atoms with Crippen LogP contribution in [0.25, 0.3) is 0 Å². The van der Waals surface area contributed by atoms with Crippen LogP contribution in [0, 0.1) is 23.2 Å². The summed E-state index contributed by atoms with van der Waals surface area (Å²) in [6, 6.07) is 0.656. The Labute approximate surface area is 105 Å². The summed E-state index contributed by atoms with van der Waals surface area (Å²) in [6.07, 6.45) is 6.08. The monoisotopic (exact) mass is 237 g/mol. The molecule has 0 amide bonds. The van der Waals surface area contributed by atoms with Crippen LogP contribution in [0.3, 0.4) is 0 Å². The zero-order valence-electron chi connectivity index (χ0n) is 11.5. The van der Waals surface area contributed by atoms with Gasteiger partial charge < -0.3 is 10.1 Å². The maximum atomic E-state index is 5.99. The molecular weight excluding hydrogens is 210 g/mol. The number of morpholine rings is 1. The first kappa shape index (κ1) is 12.0. The van der Waals surface area contributed by atoms with E-state index in [-0.39, 0.29) is 0 Å². The van der Waals surface area contributed by atoms with Crippen LogP contribution in [0.5, 0.6) is 0 Å². The summed E-state index contributed by atoms with van der Waals surface area (Å²) in [4.78, 5) is 0. The van der Waals surface area contributed by atoms with Crippen molar-refractivity contribution in [2.45, 2.75) is 58.6 Å². The third kappa shape index (κ3) is 2.15. The Morgan fingerprint density at radius 2 is 1.94 bits per heavy atom. The van der Waals surface area contributed by atoms with Crippen LogP contribution < -0.4 is 5.32 Å². The van der Waals surface area contributed by atoms with Gasteiger partial charge in [-0.2, -0.15) is 0 Å². The summed E-state index contributed by atoms with van der Waals surface area (Å²) in [6.45, 7) is 9.24. The van der Waals surface area contributed by atoms with Crippen LogP contribution in [0.4, 0.5) is 0 Å². The van der Waals surface area contributed by atoms with E-state index in [0.29, 0.717) is 17.6 Å². The van der Waals surface area contributed by atoms with Gasteiger partial charge in [-0.1, -0.05) is 20.8 Å². The molecule has 5 atom stereocenters. The molecular formula is C15H27NO. The van der Waals surface area contributed by atoms with E-state index in [2.05, 4.69) is 26.1 Å². The molecule has 0 aromatic rings. The molecule has 1 heterocycles. The number of hydrogen-bond donors (Lipinski definition) is 1. The Morgan fingerprint density at radius 3 is 2.71 bits per heavy atom. The number of rotatable bonds is 0. The molecule has 2 aliphatic carbocycles. The molecule has 1 N–H and O–H groups in total. The standard InChI is InChI=1S/C15H27NO/c1-15(2,3)12-5-4-10-8-13-14(9-11(10)12)17-7-6-16-13/h10-14,16H,4-9H2,1-3H3. The predicted molar refractivity (Wildman–Crippen MR) is 69.9 cm³/mol. The van der Waals surface area contributed by atoms with Crippen molar-refractivity contribution in [2.24, 2.45) is 23.2 Å². The van der Waals surface area contributed by atoms with Crippen LogP contribution >= 0.6 is 0 Å². The highest BCUT2D eigenvalue weighted by Gasteiger charge is 2.48. The van der Waals surface area contributed by atoms with E-state index in [1.807, 2.05) is 0 Å². The van der Waals surface area contributed by atoms with Crippen molar-refractivity contribution in [3.05, 3.63) is 0 Å². The van der Waals surface area contributed by atoms with Gasteiger partial charge in [-0.15, -0.1) is 0 Å². The summed E-state index contributed by atoms with van der Waals surface area (Å²) < 4.78 is 5.99. The van der Waals surface area contributed by atoms with E-state index in [1.165, 1.54) is 25.7 Å². The van der Waals surface area contributed by atoms with Gasteiger partial charge in [-0.05, 0) is 48.9 Å². The third-order valence-corrected chi connectivity index (χ3v) is 5.43. The largest absolute Gasteiger partial charge is 0.375 e. The summed E-state index contributed by atoms with van der Waals surface area (Å²) in [5.41, 5.74) is 0.481. The van der Waals surface area contributed by atoms with Gasteiger partial charge in [0, 0.05) is 12.6 Å². The second kappa shape index (κ2) is 4.24. The summed E-state index contributed by atoms with van der Waals surface area (Å²) in [5.74, 6) is 2.81. The van der Waals surface area contributed by atoms with Gasteiger partial charge in [-0.25, -0.2) is 0 Å². The quantitative estimate of drug-likeness (QED) is 0.699. The molecule has 0 spiro atoms. The zero-order chi connectivity index (χ0) is 12.0. The second-order valence-corrected chi connectivity index (χ2v) is 7.42. The van der Waals surface area contributed by atoms with Crippen molar-refractivity contribution in [1.29, 1.82) is 0 Å². The molecule has 3 rings (SSSR count). The zero-order valence-corrected chi connectivity index (χ0v) is 11.5. The lowest BCUT2D eigenvalue weighted by atomic mass is 9.67. The summed E-state index contributed by atoms with van der Waals surface area (Å²) in [5, 5.41) is 3.66. The molecule has 0 aromatic heterocycles. The van der Waals surface area contributed by atoms with Crippen LogP contribution in [0.15, 0.2) is 0 Å². The maximum absolute atomic E-state index is 5.99. The number of nitrogens with one attached hydrogen (secondary N) is 1. The van der Waals surface area contributed by atoms with E-state index in [1.54, 1.807) is 0 Å². The average molecular weight is 237 g/mol. The second-order valence-electron chi connectivity index (χ2n) is 7.42. The normalized spacial score (nSPS) is 46.4. The van der Waals surface area contributed by atoms with Gasteiger partial charge in [0.25, 0.3) is 0 Å². The van der Waals surface area contributed by atoms with Crippen LogP contribution in [-0.4, -0.2) is 25.3 Å². The van der Waals surface area contributed by atoms with Gasteiger partial charge in [0.15, 0.2) is 0 Å².